The summed E-state index contributed by atoms with van der Waals surface area (Å²) in [5.41, 5.74) is 2.19. The lowest BCUT2D eigenvalue weighted by Crippen LogP contribution is -2.56. The van der Waals surface area contributed by atoms with Gasteiger partial charge < -0.3 is 18.9 Å². The highest BCUT2D eigenvalue weighted by atomic mass is 79.9. The predicted molar refractivity (Wildman–Crippen MR) is 130 cm³/mol. The van der Waals surface area contributed by atoms with E-state index in [1.165, 1.54) is 32.1 Å². The lowest BCUT2D eigenvalue weighted by molar-refractivity contribution is -0.216. The first-order chi connectivity index (χ1) is 15.3. The second-order valence-electron chi connectivity index (χ2n) is 11.5. The van der Waals surface area contributed by atoms with Gasteiger partial charge in [0, 0.05) is 23.6 Å². The first kappa shape index (κ1) is 23.8. The highest BCUT2D eigenvalue weighted by Crippen LogP contribution is 2.69. The lowest BCUT2D eigenvalue weighted by atomic mass is 9.47. The summed E-state index contributed by atoms with van der Waals surface area (Å²) in [5, 5.41) is 0. The number of rotatable bonds is 1. The Morgan fingerprint density at radius 1 is 0.812 bits per heavy atom. The smallest absolute Gasteiger partial charge is 0.172 e. The molecule has 0 aromatic carbocycles. The summed E-state index contributed by atoms with van der Waals surface area (Å²) in [4.78, 5) is 0.448. The first-order valence-electron chi connectivity index (χ1n) is 13.2. The Morgan fingerprint density at radius 2 is 1.47 bits per heavy atom. The molecule has 4 aliphatic carbocycles. The molecule has 0 bridgehead atoms. The Balaban J connectivity index is 0.00000105. The van der Waals surface area contributed by atoms with Crippen molar-refractivity contribution >= 4 is 15.9 Å². The zero-order valence-electron chi connectivity index (χ0n) is 20.8. The third-order valence-corrected chi connectivity index (χ3v) is 11.3. The van der Waals surface area contributed by atoms with Crippen LogP contribution >= 0.6 is 15.9 Å². The Hall–Kier alpha value is 0.0600. The summed E-state index contributed by atoms with van der Waals surface area (Å²) in [6.45, 7) is 14.3. The van der Waals surface area contributed by atoms with E-state index in [-0.39, 0.29) is 11.6 Å². The van der Waals surface area contributed by atoms with Crippen molar-refractivity contribution in [3.05, 3.63) is 11.6 Å². The number of hydrogen-bond donors (Lipinski definition) is 0. The van der Waals surface area contributed by atoms with Crippen LogP contribution in [0.15, 0.2) is 11.6 Å². The molecule has 2 saturated heterocycles. The molecule has 0 aromatic heterocycles. The minimum atomic E-state index is -0.383. The fourth-order valence-corrected chi connectivity index (χ4v) is 9.94. The fourth-order valence-electron chi connectivity index (χ4n) is 8.89. The zero-order valence-corrected chi connectivity index (χ0v) is 22.3. The number of halogens is 1. The quantitative estimate of drug-likeness (QED) is 0.299. The standard InChI is InChI=1S/C25H37BrO4.C2H6/c1-22-8-9-25(29-12-13-30-25)15-16(22)14-19(26)21-17-4-5-20(24(3)27-10-11-28-24)23(17,2)7-6-18(21)22;1-2/h14,17-21H,4-13,15H2,1-3H3;1-2H3/t17-,18-,19+,20?,21?,22?,23-;/m0./s1. The molecule has 5 heteroatoms. The number of hydrogen-bond acceptors (Lipinski definition) is 4. The summed E-state index contributed by atoms with van der Waals surface area (Å²) < 4.78 is 24.6. The monoisotopic (exact) mass is 510 g/mol. The van der Waals surface area contributed by atoms with Crippen LogP contribution in [0.3, 0.4) is 0 Å². The maximum absolute atomic E-state index is 6.19. The number of fused-ring (bicyclic) bond motifs is 5. The van der Waals surface area contributed by atoms with Gasteiger partial charge in [-0.1, -0.05) is 55.3 Å². The molecule has 0 aromatic rings. The second-order valence-corrected chi connectivity index (χ2v) is 12.6. The van der Waals surface area contributed by atoms with Crippen molar-refractivity contribution in [3.8, 4) is 0 Å². The molecule has 182 valence electrons. The van der Waals surface area contributed by atoms with Gasteiger partial charge in [-0.15, -0.1) is 0 Å². The number of ether oxygens (including phenoxy) is 4. The summed E-state index contributed by atoms with van der Waals surface area (Å²) in [7, 11) is 0. The number of alkyl halides is 1. The average molecular weight is 512 g/mol. The van der Waals surface area contributed by atoms with Crippen LogP contribution in [0, 0.1) is 34.5 Å². The molecule has 0 amide bonds. The van der Waals surface area contributed by atoms with Crippen LogP contribution in [0.4, 0.5) is 0 Å². The topological polar surface area (TPSA) is 36.9 Å². The molecular weight excluding hydrogens is 468 g/mol. The van der Waals surface area contributed by atoms with Gasteiger partial charge in [0.15, 0.2) is 11.6 Å². The molecular formula is C27H43BrO4. The van der Waals surface area contributed by atoms with E-state index in [0.29, 0.717) is 27.5 Å². The van der Waals surface area contributed by atoms with E-state index in [9.17, 15) is 0 Å². The largest absolute Gasteiger partial charge is 0.348 e. The van der Waals surface area contributed by atoms with Gasteiger partial charge in [-0.05, 0) is 67.6 Å². The van der Waals surface area contributed by atoms with Gasteiger partial charge in [0.2, 0.25) is 0 Å². The van der Waals surface area contributed by atoms with Gasteiger partial charge in [0.05, 0.1) is 26.4 Å². The molecule has 1 spiro atoms. The van der Waals surface area contributed by atoms with Gasteiger partial charge in [0.25, 0.3) is 0 Å². The maximum Gasteiger partial charge on any atom is 0.172 e. The van der Waals surface area contributed by atoms with Crippen molar-refractivity contribution in [3.63, 3.8) is 0 Å². The molecule has 0 radical (unpaired) electrons. The van der Waals surface area contributed by atoms with E-state index in [1.807, 2.05) is 13.8 Å². The predicted octanol–water partition coefficient (Wildman–Crippen LogP) is 6.47. The molecule has 4 nitrogen and oxygen atoms in total. The van der Waals surface area contributed by atoms with E-state index in [4.69, 9.17) is 18.9 Å². The Kier molecular flexibility index (Phi) is 6.19. The molecule has 7 atom stereocenters. The van der Waals surface area contributed by atoms with Crippen molar-refractivity contribution in [2.24, 2.45) is 34.5 Å². The summed E-state index contributed by atoms with van der Waals surface area (Å²) in [6.07, 6.45) is 10.9. The molecule has 3 saturated carbocycles. The van der Waals surface area contributed by atoms with Crippen LogP contribution in [0.5, 0.6) is 0 Å². The maximum atomic E-state index is 6.19. The van der Waals surface area contributed by atoms with E-state index in [2.05, 4.69) is 42.8 Å². The van der Waals surface area contributed by atoms with Crippen LogP contribution < -0.4 is 0 Å². The van der Waals surface area contributed by atoms with Crippen LogP contribution in [0.2, 0.25) is 0 Å². The van der Waals surface area contributed by atoms with Crippen molar-refractivity contribution < 1.29 is 18.9 Å². The summed E-state index contributed by atoms with van der Waals surface area (Å²) >= 11 is 4.17. The van der Waals surface area contributed by atoms with E-state index < -0.39 is 0 Å². The third kappa shape index (κ3) is 3.35. The number of allylic oxidation sites excluding steroid dienone is 1. The molecule has 2 aliphatic heterocycles. The van der Waals surface area contributed by atoms with E-state index in [1.54, 1.807) is 5.57 Å². The van der Waals surface area contributed by atoms with Gasteiger partial charge in [-0.25, -0.2) is 0 Å². The SMILES string of the molecule is CC.CC1(C2CC[C@H]3C4[C@H](Br)C=C5CC6(CCC5(C)[C@H]4CC[C@]23C)OCCO6)OCCO1. The van der Waals surface area contributed by atoms with Gasteiger partial charge in [-0.2, -0.15) is 0 Å². The summed E-state index contributed by atoms with van der Waals surface area (Å²) in [6, 6.07) is 0. The highest BCUT2D eigenvalue weighted by molar-refractivity contribution is 9.09. The lowest BCUT2D eigenvalue weighted by Gasteiger charge is -2.60. The van der Waals surface area contributed by atoms with Gasteiger partial charge >= 0.3 is 0 Å². The van der Waals surface area contributed by atoms with Crippen LogP contribution in [0.25, 0.3) is 0 Å². The van der Waals surface area contributed by atoms with E-state index >= 15 is 0 Å². The van der Waals surface area contributed by atoms with Crippen LogP contribution in [-0.2, 0) is 18.9 Å². The molecule has 6 aliphatic rings. The van der Waals surface area contributed by atoms with Crippen molar-refractivity contribution in [1.29, 1.82) is 0 Å². The van der Waals surface area contributed by atoms with Crippen molar-refractivity contribution in [2.45, 2.75) is 96.0 Å². The van der Waals surface area contributed by atoms with Gasteiger partial charge in [0.1, 0.15) is 0 Å². The third-order valence-electron chi connectivity index (χ3n) is 10.4. The van der Waals surface area contributed by atoms with Crippen molar-refractivity contribution in [2.75, 3.05) is 26.4 Å². The minimum Gasteiger partial charge on any atom is -0.348 e. The zero-order chi connectivity index (χ0) is 22.8. The Labute approximate surface area is 203 Å². The first-order valence-corrected chi connectivity index (χ1v) is 14.1. The fraction of sp³-hybridized carbons (Fsp3) is 0.926. The van der Waals surface area contributed by atoms with Crippen LogP contribution in [0.1, 0.15) is 79.6 Å². The van der Waals surface area contributed by atoms with Crippen molar-refractivity contribution in [1.82, 2.24) is 0 Å². The Morgan fingerprint density at radius 3 is 2.16 bits per heavy atom. The van der Waals surface area contributed by atoms with Crippen LogP contribution in [-0.4, -0.2) is 42.8 Å². The molecule has 6 rings (SSSR count). The van der Waals surface area contributed by atoms with E-state index in [0.717, 1.165) is 51.1 Å². The molecule has 3 unspecified atom stereocenters. The Bertz CT molecular complexity index is 740. The second kappa shape index (κ2) is 8.33. The van der Waals surface area contributed by atoms with Gasteiger partial charge in [-0.3, -0.25) is 0 Å². The molecule has 32 heavy (non-hydrogen) atoms. The minimum absolute atomic E-state index is 0.291. The normalized spacial score (nSPS) is 48.3. The average Bonchev–Trinajstić information content (AvgIpc) is 3.50. The molecule has 5 fully saturated rings. The highest BCUT2D eigenvalue weighted by Gasteiger charge is 2.65. The molecule has 2 heterocycles. The molecule has 0 N–H and O–H groups in total. The summed E-state index contributed by atoms with van der Waals surface area (Å²) in [5.74, 6) is 1.97.